The van der Waals surface area contributed by atoms with Gasteiger partial charge in [-0.2, -0.15) is 0 Å². The van der Waals surface area contributed by atoms with E-state index in [-0.39, 0.29) is 5.84 Å². The summed E-state index contributed by atoms with van der Waals surface area (Å²) >= 11 is 12.0. The molecule has 0 heterocycles. The van der Waals surface area contributed by atoms with Gasteiger partial charge in [-0.15, -0.1) is 0 Å². The molecule has 20 heavy (non-hydrogen) atoms. The van der Waals surface area contributed by atoms with E-state index in [2.05, 4.69) is 0 Å². The Morgan fingerprint density at radius 2 is 1.70 bits per heavy atom. The predicted octanol–water partition coefficient (Wildman–Crippen LogP) is 4.69. The Morgan fingerprint density at radius 1 is 1.10 bits per heavy atom. The van der Waals surface area contributed by atoms with Gasteiger partial charge in [0.15, 0.2) is 0 Å². The number of hydrogen-bond acceptors (Lipinski definition) is 2. The van der Waals surface area contributed by atoms with Gasteiger partial charge >= 0.3 is 0 Å². The molecule has 0 amide bonds. The van der Waals surface area contributed by atoms with E-state index in [0.717, 1.165) is 16.1 Å². The van der Waals surface area contributed by atoms with E-state index >= 15 is 0 Å². The van der Waals surface area contributed by atoms with Crippen molar-refractivity contribution in [2.45, 2.75) is 13.8 Å². The molecule has 0 fully saturated rings. The second-order valence-electron chi connectivity index (χ2n) is 4.53. The summed E-state index contributed by atoms with van der Waals surface area (Å²) in [6.45, 7) is 3.83. The minimum atomic E-state index is -0.0927. The Balaban J connectivity index is 2.42. The quantitative estimate of drug-likeness (QED) is 0.638. The zero-order valence-electron chi connectivity index (χ0n) is 11.1. The number of nitrogens with two attached hydrogens (primary N) is 1. The predicted molar refractivity (Wildman–Crippen MR) is 83.5 cm³/mol. The number of nitrogen functional groups attached to an aromatic ring is 1. The normalized spacial score (nSPS) is 10.4. The average Bonchev–Trinajstić information content (AvgIpc) is 2.37. The highest BCUT2D eigenvalue weighted by atomic mass is 35.5. The molecule has 0 atom stereocenters. The number of amidine groups is 1. The van der Waals surface area contributed by atoms with Crippen LogP contribution in [0.3, 0.4) is 0 Å². The van der Waals surface area contributed by atoms with Crippen molar-refractivity contribution in [2.75, 3.05) is 0 Å². The maximum atomic E-state index is 7.58. The van der Waals surface area contributed by atoms with Crippen LogP contribution in [-0.4, -0.2) is 5.84 Å². The third-order valence-electron chi connectivity index (χ3n) is 2.87. The molecule has 2 aromatic rings. The molecule has 104 valence electrons. The van der Waals surface area contributed by atoms with Gasteiger partial charge in [0.05, 0.1) is 5.56 Å². The van der Waals surface area contributed by atoms with Gasteiger partial charge in [-0.05, 0) is 55.3 Å². The first-order valence-electron chi connectivity index (χ1n) is 5.97. The van der Waals surface area contributed by atoms with Crippen LogP contribution in [0.15, 0.2) is 30.3 Å². The standard InChI is InChI=1S/C15H14Cl2N2O/c1-8-5-11(6-9(2)14(8)17)20-13-4-3-10(16)7-12(13)15(18)19/h3-7H,1-2H3,(H3,18,19). The molecule has 0 aliphatic rings. The largest absolute Gasteiger partial charge is 0.457 e. The fraction of sp³-hybridized carbons (Fsp3) is 0.133. The topological polar surface area (TPSA) is 59.1 Å². The van der Waals surface area contributed by atoms with Gasteiger partial charge in [-0.3, -0.25) is 5.41 Å². The van der Waals surface area contributed by atoms with Gasteiger partial charge in [0, 0.05) is 10.0 Å². The summed E-state index contributed by atoms with van der Waals surface area (Å²) < 4.78 is 5.80. The molecule has 0 bridgehead atoms. The summed E-state index contributed by atoms with van der Waals surface area (Å²) in [4.78, 5) is 0. The Bertz CT molecular complexity index is 661. The summed E-state index contributed by atoms with van der Waals surface area (Å²) in [5.41, 5.74) is 7.87. The number of hydrogen-bond donors (Lipinski definition) is 2. The van der Waals surface area contributed by atoms with Crippen LogP contribution >= 0.6 is 23.2 Å². The number of halogens is 2. The first-order valence-corrected chi connectivity index (χ1v) is 6.72. The van der Waals surface area contributed by atoms with Crippen molar-refractivity contribution in [2.24, 2.45) is 5.73 Å². The van der Waals surface area contributed by atoms with Crippen molar-refractivity contribution in [1.82, 2.24) is 0 Å². The van der Waals surface area contributed by atoms with Gasteiger partial charge in [-0.25, -0.2) is 0 Å². The van der Waals surface area contributed by atoms with Gasteiger partial charge < -0.3 is 10.5 Å². The number of nitrogens with one attached hydrogen (secondary N) is 1. The van der Waals surface area contributed by atoms with Crippen LogP contribution in [0.4, 0.5) is 0 Å². The zero-order valence-corrected chi connectivity index (χ0v) is 12.6. The van der Waals surface area contributed by atoms with Crippen LogP contribution in [0, 0.1) is 19.3 Å². The van der Waals surface area contributed by atoms with E-state index in [4.69, 9.17) is 39.1 Å². The smallest absolute Gasteiger partial charge is 0.138 e. The SMILES string of the molecule is Cc1cc(Oc2ccc(Cl)cc2C(=N)N)cc(C)c1Cl. The molecular formula is C15H14Cl2N2O. The molecule has 0 aromatic heterocycles. The molecule has 2 aromatic carbocycles. The molecule has 0 unspecified atom stereocenters. The van der Waals surface area contributed by atoms with E-state index in [1.807, 2.05) is 26.0 Å². The van der Waals surface area contributed by atoms with E-state index < -0.39 is 0 Å². The highest BCUT2D eigenvalue weighted by molar-refractivity contribution is 6.32. The zero-order chi connectivity index (χ0) is 14.9. The molecular weight excluding hydrogens is 295 g/mol. The molecule has 0 aliphatic heterocycles. The van der Waals surface area contributed by atoms with Crippen molar-refractivity contribution in [3.63, 3.8) is 0 Å². The van der Waals surface area contributed by atoms with Crippen molar-refractivity contribution >= 4 is 29.0 Å². The second kappa shape index (κ2) is 5.73. The van der Waals surface area contributed by atoms with Gasteiger partial charge in [0.1, 0.15) is 17.3 Å². The Morgan fingerprint density at radius 3 is 2.25 bits per heavy atom. The van der Waals surface area contributed by atoms with Gasteiger partial charge in [0.2, 0.25) is 0 Å². The third-order valence-corrected chi connectivity index (χ3v) is 3.70. The fourth-order valence-electron chi connectivity index (χ4n) is 1.89. The highest BCUT2D eigenvalue weighted by Crippen LogP contribution is 2.31. The number of aryl methyl sites for hydroxylation is 2. The van der Waals surface area contributed by atoms with Crippen molar-refractivity contribution in [1.29, 1.82) is 5.41 Å². The highest BCUT2D eigenvalue weighted by Gasteiger charge is 2.10. The van der Waals surface area contributed by atoms with Crippen LogP contribution in [-0.2, 0) is 0 Å². The third kappa shape index (κ3) is 3.06. The van der Waals surface area contributed by atoms with E-state index in [1.54, 1.807) is 18.2 Å². The Kier molecular flexibility index (Phi) is 4.21. The minimum Gasteiger partial charge on any atom is -0.457 e. The van der Waals surface area contributed by atoms with E-state index in [1.165, 1.54) is 0 Å². The summed E-state index contributed by atoms with van der Waals surface area (Å²) in [6, 6.07) is 8.67. The summed E-state index contributed by atoms with van der Waals surface area (Å²) in [7, 11) is 0. The number of benzene rings is 2. The molecule has 3 nitrogen and oxygen atoms in total. The lowest BCUT2D eigenvalue weighted by Gasteiger charge is -2.13. The van der Waals surface area contributed by atoms with E-state index in [0.29, 0.717) is 22.1 Å². The van der Waals surface area contributed by atoms with E-state index in [9.17, 15) is 0 Å². The van der Waals surface area contributed by atoms with Crippen molar-refractivity contribution in [3.8, 4) is 11.5 Å². The lowest BCUT2D eigenvalue weighted by molar-refractivity contribution is 0.480. The number of rotatable bonds is 3. The first kappa shape index (κ1) is 14.7. The molecule has 3 N–H and O–H groups in total. The Hall–Kier alpha value is -1.71. The second-order valence-corrected chi connectivity index (χ2v) is 5.34. The monoisotopic (exact) mass is 308 g/mol. The Labute approximate surface area is 127 Å². The molecule has 0 aliphatic carbocycles. The molecule has 0 spiro atoms. The van der Waals surface area contributed by atoms with Crippen molar-refractivity contribution < 1.29 is 4.74 Å². The molecule has 0 radical (unpaired) electrons. The molecule has 2 rings (SSSR count). The van der Waals surface area contributed by atoms with Crippen LogP contribution in [0.5, 0.6) is 11.5 Å². The maximum Gasteiger partial charge on any atom is 0.138 e. The van der Waals surface area contributed by atoms with Gasteiger partial charge in [0.25, 0.3) is 0 Å². The molecule has 5 heteroatoms. The van der Waals surface area contributed by atoms with Crippen LogP contribution in [0.25, 0.3) is 0 Å². The minimum absolute atomic E-state index is 0.0927. The molecule has 0 saturated heterocycles. The lowest BCUT2D eigenvalue weighted by atomic mass is 10.1. The van der Waals surface area contributed by atoms with Crippen LogP contribution in [0.1, 0.15) is 16.7 Å². The summed E-state index contributed by atoms with van der Waals surface area (Å²) in [5.74, 6) is 1.04. The van der Waals surface area contributed by atoms with Crippen LogP contribution in [0.2, 0.25) is 10.0 Å². The average molecular weight is 309 g/mol. The summed E-state index contributed by atoms with van der Waals surface area (Å²) in [6.07, 6.45) is 0. The van der Waals surface area contributed by atoms with Crippen LogP contribution < -0.4 is 10.5 Å². The maximum absolute atomic E-state index is 7.58. The van der Waals surface area contributed by atoms with Crippen molar-refractivity contribution in [3.05, 3.63) is 57.1 Å². The molecule has 0 saturated carbocycles. The van der Waals surface area contributed by atoms with Gasteiger partial charge in [-0.1, -0.05) is 23.2 Å². The summed E-state index contributed by atoms with van der Waals surface area (Å²) in [5, 5.41) is 8.80. The number of ether oxygens (including phenoxy) is 1. The fourth-order valence-corrected chi connectivity index (χ4v) is 2.17. The first-order chi connectivity index (χ1) is 9.38. The lowest BCUT2D eigenvalue weighted by Crippen LogP contribution is -2.12.